The normalized spacial score (nSPS) is 10.7. The molecule has 0 aliphatic rings. The third-order valence-corrected chi connectivity index (χ3v) is 21.3. The zero-order valence-electron chi connectivity index (χ0n) is 72.8. The maximum Gasteiger partial charge on any atom is 0.181 e. The van der Waals surface area contributed by atoms with Crippen LogP contribution in [0.3, 0.4) is 0 Å². The number of ketones is 12. The number of rotatable bonds is 32. The first-order valence-corrected chi connectivity index (χ1v) is 42.2. The number of aromatic nitrogens is 6. The number of benzene rings is 12. The van der Waals surface area contributed by atoms with Crippen molar-refractivity contribution in [3.05, 3.63) is 383 Å². The predicted molar refractivity (Wildman–Crippen MR) is 493 cm³/mol. The summed E-state index contributed by atoms with van der Waals surface area (Å²) >= 11 is 0. The van der Waals surface area contributed by atoms with Crippen LogP contribution in [-0.4, -0.2) is 114 Å². The number of fused-ring (bicyclic) bond motifs is 6. The third kappa shape index (κ3) is 25.7. The average Bonchev–Trinajstić information content (AvgIpc) is 1.68. The molecule has 0 aliphatic heterocycles. The number of oxazole rings is 6. The van der Waals surface area contributed by atoms with Crippen LogP contribution in [0.15, 0.2) is 320 Å². The van der Waals surface area contributed by atoms with E-state index in [1.54, 1.807) is 195 Å². The minimum absolute atomic E-state index is 0.0160. The van der Waals surface area contributed by atoms with Gasteiger partial charge in [0, 0.05) is 133 Å². The zero-order chi connectivity index (χ0) is 94.6. The van der Waals surface area contributed by atoms with Gasteiger partial charge in [0.1, 0.15) is 56.2 Å². The number of para-hydroxylation sites is 1. The molecule has 0 aliphatic carbocycles. The minimum Gasteiger partial charge on any atom is -0.497 e. The number of Topliss-reactive ketones (excluding diaryl/α,β-unsaturated/α-hetero) is 12. The second-order valence-corrected chi connectivity index (χ2v) is 30.4. The van der Waals surface area contributed by atoms with E-state index in [1.165, 1.54) is 87.9 Å². The highest BCUT2D eigenvalue weighted by Crippen LogP contribution is 2.27. The number of carbonyl (C=O) groups excluding carboxylic acids is 12. The number of aryl methyl sites for hydroxylation is 2. The Kier molecular flexibility index (Phi) is 32.3. The second kappa shape index (κ2) is 45.8. The van der Waals surface area contributed by atoms with Crippen LogP contribution in [0.2, 0.25) is 0 Å². The van der Waals surface area contributed by atoms with Gasteiger partial charge in [0.05, 0.1) is 25.3 Å². The SMILES string of the molecule is COc1cccc(C(=O)CCC(=O)c2ccc3ocnc3c2)c1.COc1ccccc1C(=O)CCC(=O)c1ccc2ocnc2c1.Cc1ccc(C(=O)CCC(=O)c2ccc3ocnc3c2)cc1.Cc1ccc(C(=O)CCC(=O)c2ccc3ocnc3c2)cc1.O=C(CCC(=O)c1ccc2ocnc2c1)c1cccc(F)c1.O=C(CCC(=O)c1ccccc1F)c1ccc2ocnc2c1. The van der Waals surface area contributed by atoms with E-state index in [0.717, 1.165) is 11.1 Å². The Morgan fingerprint density at radius 3 is 0.776 bits per heavy atom. The number of nitrogens with zero attached hydrogens (tertiary/aromatic N) is 6. The number of hydrogen-bond donors (Lipinski definition) is 0. The summed E-state index contributed by atoms with van der Waals surface area (Å²) in [4.78, 5) is 170. The number of halogens is 2. The molecule has 0 amide bonds. The monoisotopic (exact) mass is 1800 g/mol. The highest BCUT2D eigenvalue weighted by atomic mass is 19.1. The molecule has 18 aromatic rings. The molecule has 18 rings (SSSR count). The van der Waals surface area contributed by atoms with Crippen LogP contribution in [0.5, 0.6) is 11.5 Å². The first kappa shape index (κ1) is 94.6. The van der Waals surface area contributed by atoms with Gasteiger partial charge in [-0.05, 0) is 172 Å². The van der Waals surface area contributed by atoms with Gasteiger partial charge >= 0.3 is 0 Å². The van der Waals surface area contributed by atoms with Gasteiger partial charge in [0.25, 0.3) is 0 Å². The van der Waals surface area contributed by atoms with Crippen molar-refractivity contribution < 1.29 is 102 Å². The second-order valence-electron chi connectivity index (χ2n) is 30.4. The van der Waals surface area contributed by atoms with E-state index in [4.69, 9.17) is 36.0 Å². The molecule has 672 valence electrons. The predicted octanol–water partition coefficient (Wildman–Crippen LogP) is 23.0. The molecule has 0 bridgehead atoms. The molecular weight excluding hydrogens is 1720 g/mol. The molecule has 0 N–H and O–H groups in total. The van der Waals surface area contributed by atoms with Gasteiger partial charge in [0.2, 0.25) is 0 Å². The molecule has 28 heteroatoms. The minimum atomic E-state index is -0.566. The topological polar surface area (TPSA) is 379 Å². The number of ether oxygens (including phenoxy) is 2. The molecule has 0 fully saturated rings. The Morgan fingerprint density at radius 1 is 0.239 bits per heavy atom. The summed E-state index contributed by atoms with van der Waals surface area (Å²) in [5.41, 5.74) is 15.4. The van der Waals surface area contributed by atoms with E-state index < -0.39 is 11.6 Å². The van der Waals surface area contributed by atoms with Crippen LogP contribution >= 0.6 is 0 Å². The van der Waals surface area contributed by atoms with Crippen molar-refractivity contribution >= 4 is 136 Å². The summed E-state index contributed by atoms with van der Waals surface area (Å²) < 4.78 is 67.6. The van der Waals surface area contributed by atoms with Gasteiger partial charge in [-0.2, -0.15) is 0 Å². The third-order valence-electron chi connectivity index (χ3n) is 21.3. The van der Waals surface area contributed by atoms with Crippen molar-refractivity contribution in [2.75, 3.05) is 14.2 Å². The van der Waals surface area contributed by atoms with E-state index in [1.807, 2.05) is 38.1 Å². The molecule has 26 nitrogen and oxygen atoms in total. The molecule has 0 radical (unpaired) electrons. The molecule has 6 aromatic heterocycles. The summed E-state index contributed by atoms with van der Waals surface area (Å²) in [6.45, 7) is 3.94. The first-order chi connectivity index (χ1) is 64.9. The van der Waals surface area contributed by atoms with E-state index in [9.17, 15) is 66.3 Å². The van der Waals surface area contributed by atoms with Crippen molar-refractivity contribution in [1.82, 2.24) is 29.9 Å². The molecule has 12 aromatic carbocycles. The summed E-state index contributed by atoms with van der Waals surface area (Å²) in [6.07, 6.45) is 9.47. The van der Waals surface area contributed by atoms with Gasteiger partial charge < -0.3 is 36.0 Å². The Hall–Kier alpha value is -17.0. The van der Waals surface area contributed by atoms with Crippen molar-refractivity contribution in [3.8, 4) is 11.5 Å². The Balaban J connectivity index is 0.000000136. The fraction of sp³-hybridized carbons (Fsp3) is 0.151. The number of hydrogen-bond acceptors (Lipinski definition) is 26. The van der Waals surface area contributed by atoms with Crippen LogP contribution in [0.1, 0.15) is 212 Å². The van der Waals surface area contributed by atoms with Gasteiger partial charge in [-0.15, -0.1) is 0 Å². The molecule has 6 heterocycles. The molecular formula is C106H84F2N6O20. The van der Waals surface area contributed by atoms with E-state index >= 15 is 0 Å². The van der Waals surface area contributed by atoms with Crippen LogP contribution in [0, 0.1) is 25.5 Å². The van der Waals surface area contributed by atoms with Gasteiger partial charge in [-0.3, -0.25) is 57.5 Å². The highest BCUT2D eigenvalue weighted by Gasteiger charge is 2.22. The van der Waals surface area contributed by atoms with E-state index in [-0.39, 0.29) is 158 Å². The van der Waals surface area contributed by atoms with Crippen molar-refractivity contribution in [3.63, 3.8) is 0 Å². The van der Waals surface area contributed by atoms with E-state index in [0.29, 0.717) is 134 Å². The number of carbonyl (C=O) groups is 12. The maximum absolute atomic E-state index is 13.5. The molecule has 0 saturated carbocycles. The summed E-state index contributed by atoms with van der Waals surface area (Å²) in [6, 6.07) is 70.1. The fourth-order valence-corrected chi connectivity index (χ4v) is 13.8. The smallest absolute Gasteiger partial charge is 0.181 e. The first-order valence-electron chi connectivity index (χ1n) is 42.2. The zero-order valence-corrected chi connectivity index (χ0v) is 72.8. The largest absolute Gasteiger partial charge is 0.497 e. The summed E-state index contributed by atoms with van der Waals surface area (Å²) in [7, 11) is 3.07. The van der Waals surface area contributed by atoms with Crippen LogP contribution in [0.4, 0.5) is 8.78 Å². The summed E-state index contributed by atoms with van der Waals surface area (Å²) in [5.74, 6) is -1.41. The lowest BCUT2D eigenvalue weighted by Gasteiger charge is -2.07. The fourth-order valence-electron chi connectivity index (χ4n) is 13.8. The lowest BCUT2D eigenvalue weighted by atomic mass is 10.0. The standard InChI is InChI=1S/2C18H15NO4.2C18H15NO3.2C17H12FNO3/c1-22-14-4-2-3-12(9-14)16(20)6-7-17(21)13-5-8-18-15(10-13)19-11-23-18;1-22-17-5-3-2-4-13(17)16(21)8-7-15(20)12-6-9-18-14(10-12)19-11-23-18;2*1-12-2-4-13(5-3-12)16(20)7-8-17(21)14-6-9-18-15(10-14)19-11-22-18;18-13-3-1-2-11(8-13)15(20)5-6-16(21)12-4-7-17-14(9-12)19-10-22-17;18-13-4-2-1-3-12(13)16(21)7-6-15(20)11-5-8-17-14(9-11)19-10-22-17/h2-5,8-11H,6-7H2,1H3;2-6,9-11H,7-8H2,1H3;2*2-6,9-11H,7-8H2,1H3;1-4,7-10H,5-6H2;1-5,8-10H,6-7H2. The Morgan fingerprint density at radius 2 is 0.485 bits per heavy atom. The Labute approximate surface area is 763 Å². The maximum atomic E-state index is 13.5. The lowest BCUT2D eigenvalue weighted by Crippen LogP contribution is -2.06. The van der Waals surface area contributed by atoms with Gasteiger partial charge in [-0.1, -0.05) is 108 Å². The average molecular weight is 1800 g/mol. The van der Waals surface area contributed by atoms with Gasteiger partial charge in [0.15, 0.2) is 141 Å². The molecule has 0 spiro atoms. The van der Waals surface area contributed by atoms with E-state index in [2.05, 4.69) is 29.9 Å². The van der Waals surface area contributed by atoms with Gasteiger partial charge in [-0.25, -0.2) is 38.7 Å². The highest BCUT2D eigenvalue weighted by molar-refractivity contribution is 6.09. The van der Waals surface area contributed by atoms with Crippen molar-refractivity contribution in [2.45, 2.75) is 90.9 Å². The lowest BCUT2D eigenvalue weighted by molar-refractivity contribution is 0.0915. The number of methoxy groups -OCH3 is 2. The molecule has 0 atom stereocenters. The van der Waals surface area contributed by atoms with Crippen LogP contribution < -0.4 is 9.47 Å². The molecule has 134 heavy (non-hydrogen) atoms. The quantitative estimate of drug-likeness (QED) is 0.0353. The van der Waals surface area contributed by atoms with Crippen molar-refractivity contribution in [1.29, 1.82) is 0 Å². The summed E-state index contributed by atoms with van der Waals surface area (Å²) in [5, 5.41) is 0. The van der Waals surface area contributed by atoms with Crippen LogP contribution in [-0.2, 0) is 0 Å². The van der Waals surface area contributed by atoms with Crippen LogP contribution in [0.25, 0.3) is 66.6 Å². The Bertz CT molecular complexity index is 7200. The molecule has 0 saturated heterocycles. The van der Waals surface area contributed by atoms with Crippen molar-refractivity contribution in [2.24, 2.45) is 0 Å². The molecule has 0 unspecified atom stereocenters.